The van der Waals surface area contributed by atoms with Gasteiger partial charge in [0, 0.05) is 0 Å². The fourth-order valence-electron chi connectivity index (χ4n) is 1.08. The van der Waals surface area contributed by atoms with Crippen molar-refractivity contribution in [3.8, 4) is 0 Å². The molecule has 0 nitrogen and oxygen atoms in total. The molecule has 0 aromatic heterocycles. The highest BCUT2D eigenvalue weighted by Gasteiger charge is 1.87. The third kappa shape index (κ3) is 8.00. The van der Waals surface area contributed by atoms with Crippen LogP contribution in [0, 0.1) is 6.92 Å². The van der Waals surface area contributed by atoms with E-state index in [1.807, 2.05) is 0 Å². The molecule has 0 heteroatoms. The lowest BCUT2D eigenvalue weighted by Crippen LogP contribution is -1.77. The minimum absolute atomic E-state index is 0.619. The summed E-state index contributed by atoms with van der Waals surface area (Å²) < 4.78 is 0. The van der Waals surface area contributed by atoms with E-state index in [0.717, 1.165) is 6.42 Å². The molecule has 0 bridgehead atoms. The Hall–Kier alpha value is 0. The minimum atomic E-state index is 0.619. The van der Waals surface area contributed by atoms with Crippen LogP contribution in [-0.4, -0.2) is 0 Å². The Morgan fingerprint density at radius 2 is 1.30 bits per heavy atom. The molecule has 0 aliphatic carbocycles. The van der Waals surface area contributed by atoms with Gasteiger partial charge in [-0.3, -0.25) is 0 Å². The van der Waals surface area contributed by atoms with Gasteiger partial charge in [0.2, 0.25) is 0 Å². The van der Waals surface area contributed by atoms with Crippen molar-refractivity contribution >= 4 is 0 Å². The lowest BCUT2D eigenvalue weighted by atomic mass is 10.1. The number of rotatable bonds is 7. The smallest absolute Gasteiger partial charge is 0.00936 e. The Kier molecular flexibility index (Phi) is 9.00. The van der Waals surface area contributed by atoms with E-state index in [9.17, 15) is 0 Å². The van der Waals surface area contributed by atoms with Crippen molar-refractivity contribution in [2.45, 2.75) is 58.3 Å². The summed E-state index contributed by atoms with van der Waals surface area (Å²) in [5, 5.41) is 0. The Balaban J connectivity index is 2.65. The molecule has 0 spiro atoms. The molecule has 0 atom stereocenters. The minimum Gasteiger partial charge on any atom is -0.0654 e. The molecule has 0 saturated carbocycles. The zero-order chi connectivity index (χ0) is 7.66. The summed E-state index contributed by atoms with van der Waals surface area (Å²) in [5.74, 6) is 0. The Morgan fingerprint density at radius 3 is 1.80 bits per heavy atom. The second-order valence-corrected chi connectivity index (χ2v) is 2.87. The van der Waals surface area contributed by atoms with Gasteiger partial charge in [0.25, 0.3) is 0 Å². The molecule has 0 aliphatic rings. The highest BCUT2D eigenvalue weighted by Crippen LogP contribution is 2.07. The van der Waals surface area contributed by atoms with E-state index in [1.54, 1.807) is 0 Å². The molecule has 0 aromatic rings. The van der Waals surface area contributed by atoms with Crippen molar-refractivity contribution in [1.29, 1.82) is 0 Å². The maximum Gasteiger partial charge on any atom is -0.00936 e. The molecule has 0 N–H and O–H groups in total. The second kappa shape index (κ2) is 9.00. The molecule has 10 heavy (non-hydrogen) atoms. The summed E-state index contributed by atoms with van der Waals surface area (Å²) >= 11 is 0. The summed E-state index contributed by atoms with van der Waals surface area (Å²) in [6.07, 6.45) is 9.84. The topological polar surface area (TPSA) is 0 Å². The quantitative estimate of drug-likeness (QED) is 0.472. The van der Waals surface area contributed by atoms with Crippen molar-refractivity contribution in [3.05, 3.63) is 6.92 Å². The van der Waals surface area contributed by atoms with Crippen LogP contribution in [0.1, 0.15) is 58.3 Å². The van der Waals surface area contributed by atoms with Gasteiger partial charge in [-0.15, -0.1) is 0 Å². The molecule has 3 radical (unpaired) electrons. The largest absolute Gasteiger partial charge is 0.0654 e. The maximum absolute atomic E-state index is 6.92. The second-order valence-electron chi connectivity index (χ2n) is 2.87. The third-order valence-electron chi connectivity index (χ3n) is 1.78. The first-order valence-electron chi connectivity index (χ1n) is 4.56. The van der Waals surface area contributed by atoms with E-state index in [1.165, 1.54) is 38.5 Å². The van der Waals surface area contributed by atoms with E-state index < -0.39 is 0 Å². The predicted octanol–water partition coefficient (Wildman–Crippen LogP) is 3.72. The van der Waals surface area contributed by atoms with Crippen LogP contribution < -0.4 is 0 Å². The summed E-state index contributed by atoms with van der Waals surface area (Å²) in [7, 11) is 0. The van der Waals surface area contributed by atoms with Crippen molar-refractivity contribution in [2.24, 2.45) is 0 Å². The van der Waals surface area contributed by atoms with Crippen LogP contribution in [0.5, 0.6) is 0 Å². The standard InChI is InChI=1S/C10H19/c1-3-5-7-9-10-8-6-4-2/h3-10H2,1H3. The molecule has 0 unspecified atom stereocenters. The molecule has 0 heterocycles. The Labute approximate surface area is 66.0 Å². The number of unbranched alkanes of at least 4 members (excludes halogenated alkanes) is 7. The monoisotopic (exact) mass is 139 g/mol. The molecule has 0 fully saturated rings. The van der Waals surface area contributed by atoms with Crippen LogP contribution in [0.3, 0.4) is 0 Å². The SMILES string of the molecule is [C]CCCCCCCCC. The average Bonchev–Trinajstić information content (AvgIpc) is 1.97. The molecule has 0 rings (SSSR count). The van der Waals surface area contributed by atoms with Gasteiger partial charge < -0.3 is 0 Å². The molecule has 0 saturated heterocycles. The normalized spacial score (nSPS) is 10.2. The molecular weight excluding hydrogens is 120 g/mol. The van der Waals surface area contributed by atoms with Crippen LogP contribution in [0.2, 0.25) is 0 Å². The number of hydrogen-bond donors (Lipinski definition) is 0. The zero-order valence-corrected chi connectivity index (χ0v) is 7.16. The highest BCUT2D eigenvalue weighted by molar-refractivity contribution is 4.45. The first-order valence-corrected chi connectivity index (χ1v) is 4.56. The van der Waals surface area contributed by atoms with E-state index in [-0.39, 0.29) is 0 Å². The summed E-state index contributed by atoms with van der Waals surface area (Å²) in [6, 6.07) is 0. The lowest BCUT2D eigenvalue weighted by molar-refractivity contribution is 0.592. The molecule has 0 amide bonds. The van der Waals surface area contributed by atoms with Gasteiger partial charge in [0.05, 0.1) is 0 Å². The van der Waals surface area contributed by atoms with Crippen LogP contribution in [0.4, 0.5) is 0 Å². The van der Waals surface area contributed by atoms with Crippen molar-refractivity contribution in [2.75, 3.05) is 0 Å². The Morgan fingerprint density at radius 1 is 0.800 bits per heavy atom. The van der Waals surface area contributed by atoms with E-state index in [0.29, 0.717) is 6.42 Å². The van der Waals surface area contributed by atoms with Gasteiger partial charge in [-0.25, -0.2) is 0 Å². The van der Waals surface area contributed by atoms with Crippen LogP contribution in [0.15, 0.2) is 0 Å². The van der Waals surface area contributed by atoms with Gasteiger partial charge in [-0.2, -0.15) is 0 Å². The Bertz CT molecular complexity index is 40.0. The molecule has 0 aromatic carbocycles. The van der Waals surface area contributed by atoms with E-state index in [4.69, 9.17) is 6.92 Å². The van der Waals surface area contributed by atoms with Crippen molar-refractivity contribution in [3.63, 3.8) is 0 Å². The summed E-state index contributed by atoms with van der Waals surface area (Å²) in [4.78, 5) is 0. The number of hydrogen-bond acceptors (Lipinski definition) is 0. The van der Waals surface area contributed by atoms with Crippen molar-refractivity contribution < 1.29 is 0 Å². The van der Waals surface area contributed by atoms with Crippen LogP contribution >= 0.6 is 0 Å². The molecule has 0 aliphatic heterocycles. The van der Waals surface area contributed by atoms with Gasteiger partial charge in [0.15, 0.2) is 0 Å². The first-order chi connectivity index (χ1) is 4.91. The zero-order valence-electron chi connectivity index (χ0n) is 7.16. The average molecular weight is 139 g/mol. The predicted molar refractivity (Wildman–Crippen MR) is 45.9 cm³/mol. The van der Waals surface area contributed by atoms with Gasteiger partial charge >= 0.3 is 0 Å². The van der Waals surface area contributed by atoms with Crippen LogP contribution in [-0.2, 0) is 0 Å². The third-order valence-corrected chi connectivity index (χ3v) is 1.78. The van der Waals surface area contributed by atoms with E-state index in [2.05, 4.69) is 6.92 Å². The fourth-order valence-corrected chi connectivity index (χ4v) is 1.08. The van der Waals surface area contributed by atoms with Crippen LogP contribution in [0.25, 0.3) is 0 Å². The summed E-state index contributed by atoms with van der Waals surface area (Å²) in [5.41, 5.74) is 0. The van der Waals surface area contributed by atoms with Gasteiger partial charge in [-0.1, -0.05) is 51.9 Å². The molecule has 59 valence electrons. The summed E-state index contributed by atoms with van der Waals surface area (Å²) in [6.45, 7) is 9.16. The first kappa shape index (κ1) is 10.0. The molecular formula is C10H19. The lowest BCUT2D eigenvalue weighted by Gasteiger charge is -1.97. The van der Waals surface area contributed by atoms with Gasteiger partial charge in [0.1, 0.15) is 0 Å². The van der Waals surface area contributed by atoms with E-state index >= 15 is 0 Å². The maximum atomic E-state index is 6.92. The highest BCUT2D eigenvalue weighted by atomic mass is 13.9. The fraction of sp³-hybridized carbons (Fsp3) is 0.900. The van der Waals surface area contributed by atoms with Crippen molar-refractivity contribution in [1.82, 2.24) is 0 Å². The van der Waals surface area contributed by atoms with Gasteiger partial charge in [-0.05, 0) is 13.3 Å².